The number of nitrogens with zero attached hydrogens (tertiary/aromatic N) is 1. The van der Waals surface area contributed by atoms with Crippen LogP contribution in [0.25, 0.3) is 10.4 Å². The van der Waals surface area contributed by atoms with E-state index in [0.29, 0.717) is 0 Å². The highest BCUT2D eigenvalue weighted by Gasteiger charge is 2.19. The molecule has 0 spiro atoms. The molecule has 1 atom stereocenters. The highest BCUT2D eigenvalue weighted by atomic mass is 32.1. The van der Waals surface area contributed by atoms with Crippen molar-refractivity contribution in [2.75, 3.05) is 5.32 Å². The normalized spacial score (nSPS) is 17.4. The van der Waals surface area contributed by atoms with Crippen molar-refractivity contribution >= 4 is 22.6 Å². The van der Waals surface area contributed by atoms with Gasteiger partial charge in [-0.15, -0.1) is 11.3 Å². The molecule has 0 aliphatic carbocycles. The number of aliphatic imine (C=N–C) groups is 1. The van der Waals surface area contributed by atoms with Gasteiger partial charge in [0.1, 0.15) is 5.00 Å². The maximum absolute atomic E-state index is 5.77. The predicted molar refractivity (Wildman–Crippen MR) is 78.4 cm³/mol. The van der Waals surface area contributed by atoms with E-state index in [-0.39, 0.29) is 6.29 Å². The number of hydrogen-bond acceptors (Lipinski definition) is 4. The second-order valence-corrected chi connectivity index (χ2v) is 5.56. The first-order valence-corrected chi connectivity index (χ1v) is 6.72. The highest BCUT2D eigenvalue weighted by molar-refractivity contribution is 7.20. The molecular formula is C14H15N3S. The molecule has 1 aliphatic rings. The summed E-state index contributed by atoms with van der Waals surface area (Å²) < 4.78 is 0. The highest BCUT2D eigenvalue weighted by Crippen LogP contribution is 2.40. The van der Waals surface area contributed by atoms with Crippen LogP contribution >= 0.6 is 11.3 Å². The summed E-state index contributed by atoms with van der Waals surface area (Å²) in [6.07, 6.45) is 1.56. The molecule has 3 rings (SSSR count). The Morgan fingerprint density at radius 2 is 2.17 bits per heavy atom. The number of nitrogens with one attached hydrogen (secondary N) is 1. The number of anilines is 1. The van der Waals surface area contributed by atoms with E-state index in [0.717, 1.165) is 5.00 Å². The molecule has 3 N–H and O–H groups in total. The van der Waals surface area contributed by atoms with Gasteiger partial charge in [-0.1, -0.05) is 29.8 Å². The lowest BCUT2D eigenvalue weighted by atomic mass is 10.1. The first-order chi connectivity index (χ1) is 8.65. The van der Waals surface area contributed by atoms with Crippen LogP contribution in [0.3, 0.4) is 0 Å². The Hall–Kier alpha value is -1.65. The number of nitrogens with two attached hydrogens (primary N) is 1. The second kappa shape index (κ2) is 4.23. The van der Waals surface area contributed by atoms with Crippen molar-refractivity contribution in [1.82, 2.24) is 0 Å². The van der Waals surface area contributed by atoms with Gasteiger partial charge >= 0.3 is 0 Å². The fraction of sp³-hybridized carbons (Fsp3) is 0.214. The molecule has 3 nitrogen and oxygen atoms in total. The SMILES string of the molecule is Cc1cccc(-c2sc3c(c2C)C=NC(N)N3)c1. The van der Waals surface area contributed by atoms with Crippen LogP contribution in [0, 0.1) is 13.8 Å². The van der Waals surface area contributed by atoms with E-state index in [1.165, 1.54) is 27.1 Å². The Kier molecular flexibility index (Phi) is 2.69. The van der Waals surface area contributed by atoms with Gasteiger partial charge < -0.3 is 5.32 Å². The third kappa shape index (κ3) is 1.83. The zero-order valence-electron chi connectivity index (χ0n) is 10.4. The Morgan fingerprint density at radius 1 is 1.33 bits per heavy atom. The van der Waals surface area contributed by atoms with Crippen molar-refractivity contribution in [2.24, 2.45) is 10.7 Å². The molecule has 4 heteroatoms. The molecule has 0 bridgehead atoms. The Labute approximate surface area is 110 Å². The molecule has 2 heterocycles. The van der Waals surface area contributed by atoms with Gasteiger partial charge in [0, 0.05) is 16.7 Å². The summed E-state index contributed by atoms with van der Waals surface area (Å²) in [5.41, 5.74) is 10.7. The standard InChI is InChI=1S/C14H15N3S/c1-8-4-3-5-10(6-8)12-9(2)11-7-16-14(15)17-13(11)18-12/h3-7,14,17H,15H2,1-2H3. The first kappa shape index (κ1) is 11.4. The van der Waals surface area contributed by atoms with Crippen LogP contribution in [0.4, 0.5) is 5.00 Å². The van der Waals surface area contributed by atoms with Gasteiger partial charge in [0.2, 0.25) is 0 Å². The summed E-state index contributed by atoms with van der Waals surface area (Å²) in [4.78, 5) is 5.49. The zero-order chi connectivity index (χ0) is 12.7. The van der Waals surface area contributed by atoms with Gasteiger partial charge in [-0.3, -0.25) is 10.7 Å². The number of rotatable bonds is 1. The average Bonchev–Trinajstić information content (AvgIpc) is 2.66. The molecule has 1 aliphatic heterocycles. The fourth-order valence-corrected chi connectivity index (χ4v) is 3.38. The lowest BCUT2D eigenvalue weighted by Gasteiger charge is -2.14. The summed E-state index contributed by atoms with van der Waals surface area (Å²) in [5.74, 6) is 0. The molecule has 1 aromatic carbocycles. The van der Waals surface area contributed by atoms with Crippen molar-refractivity contribution in [3.8, 4) is 10.4 Å². The fourth-order valence-electron chi connectivity index (χ4n) is 2.18. The summed E-state index contributed by atoms with van der Waals surface area (Å²) in [7, 11) is 0. The van der Waals surface area contributed by atoms with Crippen LogP contribution in [0.5, 0.6) is 0 Å². The third-order valence-corrected chi connectivity index (χ3v) is 4.40. The molecule has 0 fully saturated rings. The minimum absolute atomic E-state index is 0.319. The van der Waals surface area contributed by atoms with Crippen LogP contribution < -0.4 is 11.1 Å². The maximum atomic E-state index is 5.77. The van der Waals surface area contributed by atoms with Gasteiger partial charge in [-0.05, 0) is 25.0 Å². The van der Waals surface area contributed by atoms with E-state index >= 15 is 0 Å². The summed E-state index contributed by atoms with van der Waals surface area (Å²) in [6, 6.07) is 8.56. The van der Waals surface area contributed by atoms with Crippen molar-refractivity contribution in [2.45, 2.75) is 20.1 Å². The van der Waals surface area contributed by atoms with Gasteiger partial charge in [0.15, 0.2) is 6.29 Å². The number of aryl methyl sites for hydroxylation is 1. The molecule has 0 amide bonds. The van der Waals surface area contributed by atoms with Crippen molar-refractivity contribution in [1.29, 1.82) is 0 Å². The number of benzene rings is 1. The summed E-state index contributed by atoms with van der Waals surface area (Å²) in [6.45, 7) is 4.25. The largest absolute Gasteiger partial charge is 0.343 e. The number of fused-ring (bicyclic) bond motifs is 1. The van der Waals surface area contributed by atoms with Gasteiger partial charge in [0.05, 0.1) is 0 Å². The van der Waals surface area contributed by atoms with E-state index in [1.807, 2.05) is 6.21 Å². The van der Waals surface area contributed by atoms with Gasteiger partial charge in [0.25, 0.3) is 0 Å². The Balaban J connectivity index is 2.12. The van der Waals surface area contributed by atoms with Crippen LogP contribution in [-0.4, -0.2) is 12.5 Å². The van der Waals surface area contributed by atoms with E-state index in [9.17, 15) is 0 Å². The van der Waals surface area contributed by atoms with E-state index in [2.05, 4.69) is 48.4 Å². The smallest absolute Gasteiger partial charge is 0.171 e. The van der Waals surface area contributed by atoms with Gasteiger partial charge in [-0.25, -0.2) is 0 Å². The molecule has 1 unspecified atom stereocenters. The summed E-state index contributed by atoms with van der Waals surface area (Å²) >= 11 is 1.75. The lowest BCUT2D eigenvalue weighted by Crippen LogP contribution is -2.29. The van der Waals surface area contributed by atoms with Crippen LogP contribution in [-0.2, 0) is 0 Å². The summed E-state index contributed by atoms with van der Waals surface area (Å²) in [5, 5.41) is 4.32. The maximum Gasteiger partial charge on any atom is 0.171 e. The predicted octanol–water partition coefficient (Wildman–Crippen LogP) is 3.12. The molecule has 0 radical (unpaired) electrons. The minimum atomic E-state index is -0.319. The Morgan fingerprint density at radius 3 is 2.94 bits per heavy atom. The van der Waals surface area contributed by atoms with E-state index in [4.69, 9.17) is 5.73 Å². The molecule has 18 heavy (non-hydrogen) atoms. The average molecular weight is 257 g/mol. The first-order valence-electron chi connectivity index (χ1n) is 5.91. The minimum Gasteiger partial charge on any atom is -0.343 e. The monoisotopic (exact) mass is 257 g/mol. The van der Waals surface area contributed by atoms with Crippen LogP contribution in [0.2, 0.25) is 0 Å². The number of hydrogen-bond donors (Lipinski definition) is 2. The Bertz CT molecular complexity index is 628. The molecule has 0 saturated heterocycles. The van der Waals surface area contributed by atoms with Crippen molar-refractivity contribution < 1.29 is 0 Å². The van der Waals surface area contributed by atoms with Crippen molar-refractivity contribution in [3.05, 3.63) is 41.0 Å². The van der Waals surface area contributed by atoms with Crippen LogP contribution in [0.1, 0.15) is 16.7 Å². The molecular weight excluding hydrogens is 242 g/mol. The molecule has 2 aromatic rings. The number of thiophene rings is 1. The third-order valence-electron chi connectivity index (χ3n) is 3.12. The topological polar surface area (TPSA) is 50.4 Å². The quantitative estimate of drug-likeness (QED) is 0.824. The van der Waals surface area contributed by atoms with E-state index < -0.39 is 0 Å². The van der Waals surface area contributed by atoms with Gasteiger partial charge in [-0.2, -0.15) is 0 Å². The molecule has 0 saturated carbocycles. The zero-order valence-corrected chi connectivity index (χ0v) is 11.2. The van der Waals surface area contributed by atoms with E-state index in [1.54, 1.807) is 11.3 Å². The molecule has 1 aromatic heterocycles. The van der Waals surface area contributed by atoms with Crippen molar-refractivity contribution in [3.63, 3.8) is 0 Å². The molecule has 92 valence electrons. The second-order valence-electron chi connectivity index (χ2n) is 4.54. The lowest BCUT2D eigenvalue weighted by molar-refractivity contribution is 0.810. The van der Waals surface area contributed by atoms with Crippen LogP contribution in [0.15, 0.2) is 29.3 Å².